The van der Waals surface area contributed by atoms with E-state index in [0.717, 1.165) is 5.56 Å². The second-order valence-electron chi connectivity index (χ2n) is 8.96. The summed E-state index contributed by atoms with van der Waals surface area (Å²) in [4.78, 5) is 15.9. The second kappa shape index (κ2) is 13.0. The molecule has 3 rings (SSSR count). The number of aliphatic hydroxyl groups excluding tert-OH is 1. The first-order valence-electron chi connectivity index (χ1n) is 11.2. The summed E-state index contributed by atoms with van der Waals surface area (Å²) in [5, 5.41) is 12.8. The molecule has 13 heteroatoms. The lowest BCUT2D eigenvalue weighted by atomic mass is 10.2. The number of rotatable bonds is 12. The van der Waals surface area contributed by atoms with Crippen LogP contribution in [0.1, 0.15) is 38.1 Å². The molecule has 4 atom stereocenters. The lowest BCUT2D eigenvalue weighted by Crippen LogP contribution is -2.29. The van der Waals surface area contributed by atoms with Crippen LogP contribution in [-0.2, 0) is 20.2 Å². The van der Waals surface area contributed by atoms with E-state index in [0.29, 0.717) is 18.7 Å². The number of hydrogen-bond donors (Lipinski definition) is 3. The number of benzene rings is 1. The number of thioether (sulfide) groups is 1. The number of nitrogens with zero attached hydrogens (tertiary/aromatic N) is 2. The van der Waals surface area contributed by atoms with Gasteiger partial charge in [-0.1, -0.05) is 72.7 Å². The van der Waals surface area contributed by atoms with Gasteiger partial charge in [0.05, 0.1) is 19.3 Å². The highest BCUT2D eigenvalue weighted by molar-refractivity contribution is 8.77. The van der Waals surface area contributed by atoms with Crippen molar-refractivity contribution in [2.45, 2.75) is 55.2 Å². The van der Waals surface area contributed by atoms with E-state index >= 15 is 0 Å². The SMILES string of the molecule is CC(C)(C)SSCCOP(=O)(NCc1ccccc1)OC[C@@H]1C[C@H](O)[C@H](n2ccc(N)nc2=O)S1. The topological polar surface area (TPSA) is 129 Å². The summed E-state index contributed by atoms with van der Waals surface area (Å²) in [7, 11) is -0.206. The van der Waals surface area contributed by atoms with E-state index in [9.17, 15) is 14.5 Å². The number of nitrogens with one attached hydrogen (secondary N) is 1. The maximum absolute atomic E-state index is 13.5. The Labute approximate surface area is 218 Å². The number of aliphatic hydroxyl groups is 1. The molecular formula is C22H33N4O5PS3. The summed E-state index contributed by atoms with van der Waals surface area (Å²) >= 11 is 1.38. The predicted octanol–water partition coefficient (Wildman–Crippen LogP) is 4.30. The van der Waals surface area contributed by atoms with Gasteiger partial charge < -0.3 is 10.8 Å². The van der Waals surface area contributed by atoms with E-state index in [4.69, 9.17) is 14.8 Å². The molecule has 1 aromatic carbocycles. The number of hydrogen-bond acceptors (Lipinski definition) is 10. The monoisotopic (exact) mass is 560 g/mol. The Morgan fingerprint density at radius 1 is 1.29 bits per heavy atom. The quantitative estimate of drug-likeness (QED) is 0.195. The Morgan fingerprint density at radius 2 is 2.03 bits per heavy atom. The van der Waals surface area contributed by atoms with E-state index in [-0.39, 0.29) is 29.0 Å². The maximum Gasteiger partial charge on any atom is 0.405 e. The molecule has 194 valence electrons. The fraction of sp³-hybridized carbons (Fsp3) is 0.545. The van der Waals surface area contributed by atoms with Gasteiger partial charge >= 0.3 is 13.4 Å². The summed E-state index contributed by atoms with van der Waals surface area (Å²) in [6, 6.07) is 11.1. The lowest BCUT2D eigenvalue weighted by molar-refractivity contribution is 0.139. The Balaban J connectivity index is 1.58. The predicted molar refractivity (Wildman–Crippen MR) is 147 cm³/mol. The Morgan fingerprint density at radius 3 is 2.71 bits per heavy atom. The maximum atomic E-state index is 13.5. The standard InChI is InChI=1S/C22H33N4O5PS3/c1-22(2,3)35-33-12-11-30-32(29,24-14-16-7-5-4-6-8-16)31-15-17-13-18(27)20(34-17)26-10-9-19(23)25-21(26)28/h4-10,17-18,20,27H,11-15H2,1-3H3,(H,24,29)(H2,23,25,28)/t17-,18-,20+,32?/m0/s1. The van der Waals surface area contributed by atoms with Gasteiger partial charge in [-0.3, -0.25) is 13.6 Å². The molecule has 1 aromatic heterocycles. The van der Waals surface area contributed by atoms with E-state index in [1.165, 1.54) is 28.6 Å². The van der Waals surface area contributed by atoms with Crippen LogP contribution in [0, 0.1) is 0 Å². The molecule has 1 aliphatic rings. The van der Waals surface area contributed by atoms with Crippen molar-refractivity contribution in [1.82, 2.24) is 14.6 Å². The third-order valence-corrected chi connectivity index (χ3v) is 11.2. The number of anilines is 1. The fourth-order valence-electron chi connectivity index (χ4n) is 3.21. The third kappa shape index (κ3) is 9.44. The molecule has 2 aromatic rings. The van der Waals surface area contributed by atoms with Crippen LogP contribution in [0.4, 0.5) is 5.82 Å². The minimum Gasteiger partial charge on any atom is -0.390 e. The molecule has 1 fully saturated rings. The normalized spacial score (nSPS) is 22.2. The molecule has 1 unspecified atom stereocenters. The first-order valence-corrected chi connectivity index (χ1v) is 16.0. The summed E-state index contributed by atoms with van der Waals surface area (Å²) < 4.78 is 26.5. The number of nitrogens with two attached hydrogens (primary N) is 1. The highest BCUT2D eigenvalue weighted by atomic mass is 33.1. The average molecular weight is 561 g/mol. The molecule has 0 amide bonds. The molecule has 1 saturated heterocycles. The molecule has 0 spiro atoms. The molecule has 0 saturated carbocycles. The molecular weight excluding hydrogens is 527 g/mol. The van der Waals surface area contributed by atoms with Crippen LogP contribution in [0.15, 0.2) is 47.4 Å². The minimum atomic E-state index is -3.61. The van der Waals surface area contributed by atoms with E-state index in [2.05, 4.69) is 30.8 Å². The van der Waals surface area contributed by atoms with Gasteiger partial charge in [0.25, 0.3) is 0 Å². The van der Waals surface area contributed by atoms with Crippen LogP contribution >= 0.6 is 41.1 Å². The second-order valence-corrected chi connectivity index (χ2v) is 15.5. The number of aromatic nitrogens is 2. The van der Waals surface area contributed by atoms with Crippen molar-refractivity contribution in [3.63, 3.8) is 0 Å². The van der Waals surface area contributed by atoms with Crippen molar-refractivity contribution in [3.8, 4) is 0 Å². The van der Waals surface area contributed by atoms with Gasteiger partial charge in [-0.05, 0) is 18.1 Å². The van der Waals surface area contributed by atoms with Crippen molar-refractivity contribution in [1.29, 1.82) is 0 Å². The summed E-state index contributed by atoms with van der Waals surface area (Å²) in [6.07, 6.45) is 1.13. The van der Waals surface area contributed by atoms with Gasteiger partial charge in [0, 0.05) is 28.5 Å². The highest BCUT2D eigenvalue weighted by Crippen LogP contribution is 2.48. The molecule has 0 aliphatic carbocycles. The fourth-order valence-corrected chi connectivity index (χ4v) is 8.31. The first kappa shape index (κ1) is 28.6. The van der Waals surface area contributed by atoms with Crippen LogP contribution in [0.5, 0.6) is 0 Å². The zero-order chi connectivity index (χ0) is 25.5. The van der Waals surface area contributed by atoms with Crippen LogP contribution < -0.4 is 16.5 Å². The van der Waals surface area contributed by atoms with Gasteiger partial charge in [0.1, 0.15) is 11.2 Å². The average Bonchev–Trinajstić information content (AvgIpc) is 3.16. The van der Waals surface area contributed by atoms with Gasteiger partial charge in [0.2, 0.25) is 0 Å². The smallest absolute Gasteiger partial charge is 0.390 e. The molecule has 0 radical (unpaired) electrons. The van der Waals surface area contributed by atoms with Crippen molar-refractivity contribution in [2.24, 2.45) is 0 Å². The van der Waals surface area contributed by atoms with Gasteiger partial charge in [0.15, 0.2) is 0 Å². The molecule has 2 heterocycles. The van der Waals surface area contributed by atoms with Crippen LogP contribution in [0.25, 0.3) is 0 Å². The molecule has 9 nitrogen and oxygen atoms in total. The van der Waals surface area contributed by atoms with Crippen molar-refractivity contribution in [2.75, 3.05) is 24.7 Å². The molecule has 4 N–H and O–H groups in total. The molecule has 35 heavy (non-hydrogen) atoms. The summed E-state index contributed by atoms with van der Waals surface area (Å²) in [5.74, 6) is 0.791. The van der Waals surface area contributed by atoms with Gasteiger partial charge in [-0.2, -0.15) is 4.98 Å². The van der Waals surface area contributed by atoms with Crippen molar-refractivity contribution in [3.05, 3.63) is 58.6 Å². The minimum absolute atomic E-state index is 0.0956. The largest absolute Gasteiger partial charge is 0.405 e. The van der Waals surface area contributed by atoms with E-state index in [1.807, 2.05) is 30.3 Å². The Kier molecular flexibility index (Phi) is 10.6. The third-order valence-electron chi connectivity index (χ3n) is 4.78. The van der Waals surface area contributed by atoms with Gasteiger partial charge in [-0.25, -0.2) is 14.4 Å². The Bertz CT molecular complexity index is 1050. The first-order chi connectivity index (χ1) is 16.5. The zero-order valence-corrected chi connectivity index (χ0v) is 23.4. The molecule has 0 bridgehead atoms. The van der Waals surface area contributed by atoms with Crippen molar-refractivity contribution < 1.29 is 18.7 Å². The van der Waals surface area contributed by atoms with Crippen LogP contribution in [0.2, 0.25) is 0 Å². The summed E-state index contributed by atoms with van der Waals surface area (Å²) in [6.45, 7) is 7.10. The van der Waals surface area contributed by atoms with Crippen molar-refractivity contribution >= 4 is 46.9 Å². The van der Waals surface area contributed by atoms with Crippen LogP contribution in [-0.4, -0.2) is 49.7 Å². The molecule has 1 aliphatic heterocycles. The summed E-state index contributed by atoms with van der Waals surface area (Å²) in [5.41, 5.74) is 6.00. The van der Waals surface area contributed by atoms with E-state index in [1.54, 1.807) is 21.6 Å². The zero-order valence-electron chi connectivity index (χ0n) is 20.0. The Hall–Kier alpha value is -0.980. The van der Waals surface area contributed by atoms with Gasteiger partial charge in [-0.15, -0.1) is 11.8 Å². The van der Waals surface area contributed by atoms with E-state index < -0.39 is 24.9 Å². The lowest BCUT2D eigenvalue weighted by Gasteiger charge is -2.22. The number of nitrogen functional groups attached to an aromatic ring is 1. The van der Waals surface area contributed by atoms with Crippen LogP contribution in [0.3, 0.4) is 0 Å². The highest BCUT2D eigenvalue weighted by Gasteiger charge is 2.37.